The summed E-state index contributed by atoms with van der Waals surface area (Å²) in [6.45, 7) is -2.04. The number of nitrogens with one attached hydrogen (secondary N) is 1. The van der Waals surface area contributed by atoms with Crippen LogP contribution >= 0.6 is 23.4 Å². The molecule has 0 bridgehead atoms. The van der Waals surface area contributed by atoms with Crippen molar-refractivity contribution in [2.24, 2.45) is 0 Å². The number of carbonyl (C=O) groups is 1. The summed E-state index contributed by atoms with van der Waals surface area (Å²) < 4.78 is 40.1. The summed E-state index contributed by atoms with van der Waals surface area (Å²) in [5, 5.41) is 3.24. The van der Waals surface area contributed by atoms with Crippen LogP contribution in [0.5, 0.6) is 0 Å². The van der Waals surface area contributed by atoms with Gasteiger partial charge in [0.25, 0.3) is 0 Å². The number of halogens is 4. The van der Waals surface area contributed by atoms with E-state index in [1.54, 1.807) is 23.9 Å². The molecule has 1 aromatic carbocycles. The Morgan fingerprint density at radius 2 is 2.24 bits per heavy atom. The Balaban J connectivity index is 1.92. The van der Waals surface area contributed by atoms with Crippen LogP contribution in [0.3, 0.4) is 0 Å². The summed E-state index contributed by atoms with van der Waals surface area (Å²) in [5.41, 5.74) is 0.892. The Morgan fingerprint density at radius 1 is 1.48 bits per heavy atom. The van der Waals surface area contributed by atoms with Gasteiger partial charge in [-0.1, -0.05) is 11.6 Å². The SMILES string of the molecule is O=C(COCC(F)(F)F)N[C@H]1CCSc2ccc(Cl)cc21. The molecule has 2 rings (SSSR count). The molecule has 0 aliphatic carbocycles. The summed E-state index contributed by atoms with van der Waals surface area (Å²) in [6, 6.07) is 5.16. The van der Waals surface area contributed by atoms with Gasteiger partial charge in [0.1, 0.15) is 13.2 Å². The standard InChI is InChI=1S/C13H13ClF3NO2S/c14-8-1-2-11-9(5-8)10(3-4-21-11)18-12(19)6-20-7-13(15,16)17/h1-2,5,10H,3-4,6-7H2,(H,18,19)/t10-/m0/s1. The van der Waals surface area contributed by atoms with Crippen molar-refractivity contribution >= 4 is 29.3 Å². The first kappa shape index (κ1) is 16.5. The molecule has 0 aromatic heterocycles. The van der Waals surface area contributed by atoms with Gasteiger partial charge >= 0.3 is 6.18 Å². The molecular formula is C13H13ClF3NO2S. The second kappa shape index (κ2) is 6.89. The lowest BCUT2D eigenvalue weighted by atomic mass is 10.0. The zero-order chi connectivity index (χ0) is 15.5. The topological polar surface area (TPSA) is 38.3 Å². The molecule has 0 fully saturated rings. The van der Waals surface area contributed by atoms with Crippen LogP contribution in [-0.4, -0.2) is 31.1 Å². The average molecular weight is 340 g/mol. The van der Waals surface area contributed by atoms with E-state index >= 15 is 0 Å². The van der Waals surface area contributed by atoms with E-state index in [0.717, 1.165) is 16.2 Å². The monoisotopic (exact) mass is 339 g/mol. The highest BCUT2D eigenvalue weighted by Crippen LogP contribution is 2.37. The van der Waals surface area contributed by atoms with E-state index in [4.69, 9.17) is 11.6 Å². The van der Waals surface area contributed by atoms with E-state index in [0.29, 0.717) is 11.4 Å². The normalized spacial score (nSPS) is 18.2. The zero-order valence-electron chi connectivity index (χ0n) is 10.9. The summed E-state index contributed by atoms with van der Waals surface area (Å²) in [6.07, 6.45) is -3.73. The number of carbonyl (C=O) groups excluding carboxylic acids is 1. The van der Waals surface area contributed by atoms with E-state index in [2.05, 4.69) is 10.1 Å². The zero-order valence-corrected chi connectivity index (χ0v) is 12.4. The number of ether oxygens (including phenoxy) is 1. The number of amides is 1. The highest BCUT2D eigenvalue weighted by Gasteiger charge is 2.28. The Kier molecular flexibility index (Phi) is 5.40. The van der Waals surface area contributed by atoms with Crippen LogP contribution in [0.15, 0.2) is 23.1 Å². The minimum Gasteiger partial charge on any atom is -0.362 e. The van der Waals surface area contributed by atoms with Gasteiger partial charge in [-0.25, -0.2) is 0 Å². The molecule has 3 nitrogen and oxygen atoms in total. The predicted molar refractivity (Wildman–Crippen MR) is 74.6 cm³/mol. The fourth-order valence-corrected chi connectivity index (χ4v) is 3.30. The Morgan fingerprint density at radius 3 is 2.95 bits per heavy atom. The van der Waals surface area contributed by atoms with Gasteiger partial charge in [0, 0.05) is 15.7 Å². The minimum absolute atomic E-state index is 0.248. The van der Waals surface area contributed by atoms with Crippen LogP contribution < -0.4 is 5.32 Å². The quantitative estimate of drug-likeness (QED) is 0.911. The fraction of sp³-hybridized carbons (Fsp3) is 0.462. The number of hydrogen-bond donors (Lipinski definition) is 1. The van der Waals surface area contributed by atoms with Gasteiger partial charge in [-0.05, 0) is 30.2 Å². The first-order valence-corrected chi connectivity index (χ1v) is 7.57. The lowest BCUT2D eigenvalue weighted by Gasteiger charge is -2.26. The molecule has 0 spiro atoms. The van der Waals surface area contributed by atoms with Gasteiger partial charge < -0.3 is 10.1 Å². The molecule has 1 aromatic rings. The predicted octanol–water partition coefficient (Wildman–Crippen LogP) is 3.57. The van der Waals surface area contributed by atoms with E-state index in [1.165, 1.54) is 0 Å². The molecule has 0 radical (unpaired) electrons. The van der Waals surface area contributed by atoms with Crippen LogP contribution in [0, 0.1) is 0 Å². The number of benzene rings is 1. The maximum Gasteiger partial charge on any atom is 0.411 e. The van der Waals surface area contributed by atoms with Gasteiger partial charge in [0.05, 0.1) is 6.04 Å². The van der Waals surface area contributed by atoms with Crippen molar-refractivity contribution in [3.05, 3.63) is 28.8 Å². The molecule has 1 aliphatic rings. The first-order chi connectivity index (χ1) is 9.85. The van der Waals surface area contributed by atoms with Crippen molar-refractivity contribution in [3.63, 3.8) is 0 Å². The van der Waals surface area contributed by atoms with Crippen LogP contribution in [0.2, 0.25) is 5.02 Å². The van der Waals surface area contributed by atoms with E-state index in [-0.39, 0.29) is 6.04 Å². The summed E-state index contributed by atoms with van der Waals surface area (Å²) >= 11 is 7.60. The van der Waals surface area contributed by atoms with Crippen LogP contribution in [0.1, 0.15) is 18.0 Å². The molecule has 1 aliphatic heterocycles. The van der Waals surface area contributed by atoms with E-state index < -0.39 is 25.3 Å². The summed E-state index contributed by atoms with van der Waals surface area (Å²) in [7, 11) is 0. The van der Waals surface area contributed by atoms with Crippen molar-refractivity contribution in [1.82, 2.24) is 5.32 Å². The van der Waals surface area contributed by atoms with Crippen molar-refractivity contribution in [2.45, 2.75) is 23.5 Å². The average Bonchev–Trinajstić information content (AvgIpc) is 2.38. The number of hydrogen-bond acceptors (Lipinski definition) is 3. The van der Waals surface area contributed by atoms with E-state index in [9.17, 15) is 18.0 Å². The molecule has 0 saturated carbocycles. The van der Waals surface area contributed by atoms with Gasteiger partial charge in [-0.2, -0.15) is 13.2 Å². The molecule has 1 N–H and O–H groups in total. The van der Waals surface area contributed by atoms with Gasteiger partial charge in [-0.15, -0.1) is 11.8 Å². The summed E-state index contributed by atoms with van der Waals surface area (Å²) in [4.78, 5) is 12.7. The highest BCUT2D eigenvalue weighted by atomic mass is 35.5. The lowest BCUT2D eigenvalue weighted by Crippen LogP contribution is -2.34. The van der Waals surface area contributed by atoms with Crippen molar-refractivity contribution in [3.8, 4) is 0 Å². The third-order valence-electron chi connectivity index (χ3n) is 2.85. The van der Waals surface area contributed by atoms with Crippen molar-refractivity contribution < 1.29 is 22.7 Å². The molecule has 0 unspecified atom stereocenters. The van der Waals surface area contributed by atoms with E-state index in [1.807, 2.05) is 6.07 Å². The maximum absolute atomic E-state index is 11.9. The molecule has 21 heavy (non-hydrogen) atoms. The molecule has 116 valence electrons. The van der Waals surface area contributed by atoms with Gasteiger partial charge in [0.2, 0.25) is 5.91 Å². The summed E-state index contributed by atoms with van der Waals surface area (Å²) in [5.74, 6) is 0.255. The van der Waals surface area contributed by atoms with Crippen LogP contribution in [0.25, 0.3) is 0 Å². The fourth-order valence-electron chi connectivity index (χ4n) is 2.01. The Hall–Kier alpha value is -0.920. The number of fused-ring (bicyclic) bond motifs is 1. The largest absolute Gasteiger partial charge is 0.411 e. The highest BCUT2D eigenvalue weighted by molar-refractivity contribution is 7.99. The second-order valence-electron chi connectivity index (χ2n) is 4.55. The molecular weight excluding hydrogens is 327 g/mol. The minimum atomic E-state index is -4.43. The molecule has 0 saturated heterocycles. The van der Waals surface area contributed by atoms with Gasteiger partial charge in [0.15, 0.2) is 0 Å². The number of thioether (sulfide) groups is 1. The Bertz CT molecular complexity index is 525. The molecule has 1 heterocycles. The smallest absolute Gasteiger partial charge is 0.362 e. The molecule has 1 amide bonds. The lowest BCUT2D eigenvalue weighted by molar-refractivity contribution is -0.175. The van der Waals surface area contributed by atoms with Crippen molar-refractivity contribution in [1.29, 1.82) is 0 Å². The second-order valence-corrected chi connectivity index (χ2v) is 6.12. The van der Waals surface area contributed by atoms with Crippen molar-refractivity contribution in [2.75, 3.05) is 19.0 Å². The van der Waals surface area contributed by atoms with Gasteiger partial charge in [-0.3, -0.25) is 4.79 Å². The number of rotatable bonds is 4. The maximum atomic E-state index is 11.9. The molecule has 1 atom stereocenters. The van der Waals surface area contributed by atoms with Crippen LogP contribution in [0.4, 0.5) is 13.2 Å². The first-order valence-electron chi connectivity index (χ1n) is 6.21. The van der Waals surface area contributed by atoms with Crippen LogP contribution in [-0.2, 0) is 9.53 Å². The third kappa shape index (κ3) is 5.09. The third-order valence-corrected chi connectivity index (χ3v) is 4.20. The molecule has 8 heteroatoms. The Labute approximate surface area is 129 Å². The number of alkyl halides is 3.